The van der Waals surface area contributed by atoms with Crippen LogP contribution in [0.1, 0.15) is 62.9 Å². The van der Waals surface area contributed by atoms with Gasteiger partial charge in [0.1, 0.15) is 5.75 Å². The molecular weight excluding hydrogens is 492 g/mol. The highest BCUT2D eigenvalue weighted by atomic mass is 16.5. The van der Waals surface area contributed by atoms with E-state index in [-0.39, 0.29) is 56.0 Å². The number of hydrogen-bond acceptors (Lipinski definition) is 6. The number of carboxylic acid groups (broad SMARTS) is 1. The van der Waals surface area contributed by atoms with E-state index < -0.39 is 11.7 Å². The quantitative estimate of drug-likeness (QED) is 0.500. The number of likely N-dealkylation sites (tertiary alicyclic amines) is 1. The SMILES string of the molecule is CCC(=O)NCCN1C(=O)C(C)(COC)Oc2cc(C)c(C(=O)N(C(C)C)[C@@H]3CCCN(C(=O)O)C3)cc21. The van der Waals surface area contributed by atoms with E-state index in [0.717, 1.165) is 0 Å². The van der Waals surface area contributed by atoms with Crippen molar-refractivity contribution in [1.82, 2.24) is 15.1 Å². The van der Waals surface area contributed by atoms with Gasteiger partial charge >= 0.3 is 6.09 Å². The molecule has 1 unspecified atom stereocenters. The number of nitrogens with one attached hydrogen (secondary N) is 1. The maximum atomic E-state index is 14.0. The van der Waals surface area contributed by atoms with Crippen LogP contribution >= 0.6 is 0 Å². The molecule has 0 aliphatic carbocycles. The number of amides is 4. The van der Waals surface area contributed by atoms with Crippen molar-refractivity contribution in [3.05, 3.63) is 23.3 Å². The number of methoxy groups -OCH3 is 1. The second kappa shape index (κ2) is 12.0. The highest BCUT2D eigenvalue weighted by Gasteiger charge is 2.45. The number of ether oxygens (including phenoxy) is 2. The van der Waals surface area contributed by atoms with Gasteiger partial charge in [-0.2, -0.15) is 0 Å². The van der Waals surface area contributed by atoms with Crippen LogP contribution < -0.4 is 15.0 Å². The molecule has 0 aromatic heterocycles. The maximum absolute atomic E-state index is 14.0. The van der Waals surface area contributed by atoms with Gasteiger partial charge in [0.15, 0.2) is 0 Å². The molecule has 2 N–H and O–H groups in total. The van der Waals surface area contributed by atoms with Gasteiger partial charge in [-0.25, -0.2) is 4.79 Å². The van der Waals surface area contributed by atoms with Gasteiger partial charge in [-0.05, 0) is 58.2 Å². The minimum absolute atomic E-state index is 0.0334. The second-order valence-corrected chi connectivity index (χ2v) is 10.4. The Morgan fingerprint density at radius 3 is 2.63 bits per heavy atom. The van der Waals surface area contributed by atoms with E-state index >= 15 is 0 Å². The van der Waals surface area contributed by atoms with Crippen LogP contribution in [0.5, 0.6) is 5.75 Å². The van der Waals surface area contributed by atoms with Crippen molar-refractivity contribution >= 4 is 29.5 Å². The van der Waals surface area contributed by atoms with Crippen LogP contribution in [-0.2, 0) is 14.3 Å². The minimum Gasteiger partial charge on any atom is -0.473 e. The van der Waals surface area contributed by atoms with Gasteiger partial charge in [-0.15, -0.1) is 0 Å². The Bertz CT molecular complexity index is 1080. The van der Waals surface area contributed by atoms with E-state index in [9.17, 15) is 24.3 Å². The number of benzene rings is 1. The third-order valence-electron chi connectivity index (χ3n) is 7.11. The molecule has 2 atom stereocenters. The molecule has 0 spiro atoms. The lowest BCUT2D eigenvalue weighted by Gasteiger charge is -2.42. The van der Waals surface area contributed by atoms with E-state index in [1.165, 1.54) is 16.9 Å². The molecule has 3 rings (SSSR count). The molecule has 11 nitrogen and oxygen atoms in total. The van der Waals surface area contributed by atoms with Crippen LogP contribution in [0.2, 0.25) is 0 Å². The molecule has 38 heavy (non-hydrogen) atoms. The first-order valence-electron chi connectivity index (χ1n) is 13.1. The summed E-state index contributed by atoms with van der Waals surface area (Å²) >= 11 is 0. The van der Waals surface area contributed by atoms with Crippen molar-refractivity contribution in [2.24, 2.45) is 0 Å². The van der Waals surface area contributed by atoms with Gasteiger partial charge in [0.2, 0.25) is 11.5 Å². The van der Waals surface area contributed by atoms with E-state index in [0.29, 0.717) is 48.4 Å². The monoisotopic (exact) mass is 532 g/mol. The lowest BCUT2D eigenvalue weighted by molar-refractivity contribution is -0.138. The highest BCUT2D eigenvalue weighted by molar-refractivity contribution is 6.05. The molecule has 1 aromatic carbocycles. The number of anilines is 1. The predicted molar refractivity (Wildman–Crippen MR) is 142 cm³/mol. The van der Waals surface area contributed by atoms with Crippen LogP contribution in [0, 0.1) is 6.92 Å². The number of carbonyl (C=O) groups is 4. The van der Waals surface area contributed by atoms with Gasteiger partial charge in [0, 0.05) is 51.3 Å². The Morgan fingerprint density at radius 2 is 2.03 bits per heavy atom. The van der Waals surface area contributed by atoms with E-state index in [4.69, 9.17) is 9.47 Å². The standard InChI is InChI=1S/C27H40N4O7/c1-7-23(32)28-10-12-30-21-14-20(18(4)13-22(21)38-27(5,16-37-6)25(30)34)24(33)31(17(2)3)19-9-8-11-29(15-19)26(35)36/h13-14,17,19H,7-12,15-16H2,1-6H3,(H,28,32)(H,35,36)/t19-,27?/m1/s1. The number of fused-ring (bicyclic) bond motifs is 1. The van der Waals surface area contributed by atoms with Crippen LogP contribution in [0.3, 0.4) is 0 Å². The Balaban J connectivity index is 1.99. The molecule has 210 valence electrons. The normalized spacial score (nSPS) is 21.1. The smallest absolute Gasteiger partial charge is 0.407 e. The number of aryl methyl sites for hydroxylation is 1. The summed E-state index contributed by atoms with van der Waals surface area (Å²) in [6.07, 6.45) is 0.723. The first-order valence-corrected chi connectivity index (χ1v) is 13.1. The summed E-state index contributed by atoms with van der Waals surface area (Å²) in [4.78, 5) is 55.6. The van der Waals surface area contributed by atoms with Crippen molar-refractivity contribution < 1.29 is 33.8 Å². The Kier molecular flexibility index (Phi) is 9.24. The Labute approximate surface area is 224 Å². The van der Waals surface area contributed by atoms with Gasteiger partial charge < -0.3 is 34.6 Å². The highest BCUT2D eigenvalue weighted by Crippen LogP contribution is 2.40. The molecule has 2 aliphatic rings. The van der Waals surface area contributed by atoms with Crippen molar-refractivity contribution in [2.75, 3.05) is 44.8 Å². The van der Waals surface area contributed by atoms with Gasteiger partial charge in [0.25, 0.3) is 11.8 Å². The zero-order valence-electron chi connectivity index (χ0n) is 23.2. The number of hydrogen-bond donors (Lipinski definition) is 2. The van der Waals surface area contributed by atoms with Gasteiger partial charge in [-0.3, -0.25) is 14.4 Å². The molecule has 1 fully saturated rings. The first-order chi connectivity index (χ1) is 17.9. The molecule has 2 aliphatic heterocycles. The molecule has 0 bridgehead atoms. The van der Waals surface area contributed by atoms with Gasteiger partial charge in [0.05, 0.1) is 18.3 Å². The molecule has 1 saturated heterocycles. The largest absolute Gasteiger partial charge is 0.473 e. The number of rotatable bonds is 9. The topological polar surface area (TPSA) is 129 Å². The third-order valence-corrected chi connectivity index (χ3v) is 7.11. The van der Waals surface area contributed by atoms with Gasteiger partial charge in [-0.1, -0.05) is 6.92 Å². The summed E-state index contributed by atoms with van der Waals surface area (Å²) in [6.45, 7) is 10.2. The second-order valence-electron chi connectivity index (χ2n) is 10.4. The fraction of sp³-hybridized carbons (Fsp3) is 0.630. The van der Waals surface area contributed by atoms with Crippen molar-refractivity contribution in [1.29, 1.82) is 0 Å². The summed E-state index contributed by atoms with van der Waals surface area (Å²) < 4.78 is 11.4. The summed E-state index contributed by atoms with van der Waals surface area (Å²) in [6, 6.07) is 3.00. The lowest BCUT2D eigenvalue weighted by Crippen LogP contribution is -2.58. The summed E-state index contributed by atoms with van der Waals surface area (Å²) in [5, 5.41) is 12.3. The molecule has 11 heteroatoms. The van der Waals surface area contributed by atoms with Crippen molar-refractivity contribution in [2.45, 2.75) is 71.6 Å². The predicted octanol–water partition coefficient (Wildman–Crippen LogP) is 2.64. The fourth-order valence-corrected chi connectivity index (χ4v) is 5.21. The number of piperidine rings is 1. The summed E-state index contributed by atoms with van der Waals surface area (Å²) in [5.74, 6) is -0.231. The summed E-state index contributed by atoms with van der Waals surface area (Å²) in [7, 11) is 1.49. The Morgan fingerprint density at radius 1 is 1.32 bits per heavy atom. The Hall–Kier alpha value is -3.34. The maximum Gasteiger partial charge on any atom is 0.407 e. The molecule has 4 amide bonds. The molecule has 2 heterocycles. The van der Waals surface area contributed by atoms with Crippen molar-refractivity contribution in [3.8, 4) is 5.75 Å². The zero-order valence-corrected chi connectivity index (χ0v) is 23.2. The first kappa shape index (κ1) is 29.2. The number of carbonyl (C=O) groups excluding carboxylic acids is 3. The average molecular weight is 533 g/mol. The molecular formula is C27H40N4O7. The fourth-order valence-electron chi connectivity index (χ4n) is 5.21. The van der Waals surface area contributed by atoms with E-state index in [1.54, 1.807) is 30.9 Å². The van der Waals surface area contributed by atoms with Crippen molar-refractivity contribution in [3.63, 3.8) is 0 Å². The number of nitrogens with zero attached hydrogens (tertiary/aromatic N) is 3. The average Bonchev–Trinajstić information content (AvgIpc) is 2.86. The lowest BCUT2D eigenvalue weighted by atomic mass is 9.97. The molecule has 0 saturated carbocycles. The van der Waals surface area contributed by atoms with Crippen LogP contribution in [-0.4, -0.2) is 96.3 Å². The summed E-state index contributed by atoms with van der Waals surface area (Å²) in [5.41, 5.74) is 0.279. The van der Waals surface area contributed by atoms with Crippen LogP contribution in [0.25, 0.3) is 0 Å². The van der Waals surface area contributed by atoms with E-state index in [2.05, 4.69) is 5.32 Å². The van der Waals surface area contributed by atoms with Crippen LogP contribution in [0.4, 0.5) is 10.5 Å². The molecule has 0 radical (unpaired) electrons. The minimum atomic E-state index is -1.26. The third kappa shape index (κ3) is 6.03. The van der Waals surface area contributed by atoms with Crippen LogP contribution in [0.15, 0.2) is 12.1 Å². The molecule has 1 aromatic rings. The van der Waals surface area contributed by atoms with E-state index in [1.807, 2.05) is 20.8 Å². The zero-order chi connectivity index (χ0) is 28.2.